The Kier molecular flexibility index (Phi) is 8.31. The van der Waals surface area contributed by atoms with Crippen LogP contribution in [0.15, 0.2) is 18.3 Å². The second-order valence-electron chi connectivity index (χ2n) is 9.19. The Labute approximate surface area is 200 Å². The van der Waals surface area contributed by atoms with Gasteiger partial charge in [0.05, 0.1) is 10.6 Å². The third-order valence-corrected chi connectivity index (χ3v) is 7.80. The minimum Gasteiger partial charge on any atom is -0.373 e. The van der Waals surface area contributed by atoms with E-state index in [1.54, 1.807) is 6.20 Å². The van der Waals surface area contributed by atoms with Crippen molar-refractivity contribution in [1.29, 1.82) is 5.41 Å². The molecule has 0 radical (unpaired) electrons. The van der Waals surface area contributed by atoms with Gasteiger partial charge in [-0.1, -0.05) is 38.5 Å². The summed E-state index contributed by atoms with van der Waals surface area (Å²) in [4.78, 5) is 24.8. The van der Waals surface area contributed by atoms with E-state index >= 15 is 0 Å². The van der Waals surface area contributed by atoms with Crippen LogP contribution in [0.2, 0.25) is 0 Å². The van der Waals surface area contributed by atoms with Crippen LogP contribution in [0, 0.1) is 11.3 Å². The van der Waals surface area contributed by atoms with Gasteiger partial charge < -0.3 is 15.5 Å². The topological polar surface area (TPSA) is 94.0 Å². The molecule has 2 aromatic rings. The molecule has 0 spiro atoms. The number of carbonyl (C=O) groups excluding carboxylic acids is 1. The molecule has 0 unspecified atom stereocenters. The zero-order chi connectivity index (χ0) is 23.0. The summed E-state index contributed by atoms with van der Waals surface area (Å²) in [5, 5.41) is 15.4. The van der Waals surface area contributed by atoms with Gasteiger partial charge in [-0.15, -0.1) is 11.3 Å². The van der Waals surface area contributed by atoms with Crippen LogP contribution in [-0.4, -0.2) is 48.3 Å². The molecular formula is C25H36N6OS. The van der Waals surface area contributed by atoms with Gasteiger partial charge in [0, 0.05) is 38.4 Å². The molecule has 33 heavy (non-hydrogen) atoms. The van der Waals surface area contributed by atoms with Gasteiger partial charge >= 0.3 is 0 Å². The summed E-state index contributed by atoms with van der Waals surface area (Å²) in [5.74, 6) is 2.10. The molecule has 0 aromatic carbocycles. The smallest absolute Gasteiger partial charge is 0.280 e. The highest BCUT2D eigenvalue weighted by molar-refractivity contribution is 7.15. The van der Waals surface area contributed by atoms with Crippen molar-refractivity contribution in [2.45, 2.75) is 64.2 Å². The van der Waals surface area contributed by atoms with Crippen LogP contribution < -0.4 is 15.5 Å². The Morgan fingerprint density at radius 3 is 2.52 bits per heavy atom. The predicted octanol–water partition coefficient (Wildman–Crippen LogP) is 5.08. The Balaban J connectivity index is 1.42. The highest BCUT2D eigenvalue weighted by Gasteiger charge is 2.20. The summed E-state index contributed by atoms with van der Waals surface area (Å²) in [6.07, 6.45) is 14.1. The second kappa shape index (κ2) is 11.6. The van der Waals surface area contributed by atoms with E-state index in [1.165, 1.54) is 75.5 Å². The molecule has 1 saturated heterocycles. The van der Waals surface area contributed by atoms with Crippen molar-refractivity contribution < 1.29 is 4.79 Å². The van der Waals surface area contributed by atoms with E-state index in [0.717, 1.165) is 31.0 Å². The zero-order valence-electron chi connectivity index (χ0n) is 19.7. The van der Waals surface area contributed by atoms with Crippen LogP contribution in [0.1, 0.15) is 84.5 Å². The fourth-order valence-corrected chi connectivity index (χ4v) is 5.62. The van der Waals surface area contributed by atoms with Crippen LogP contribution in [0.4, 0.5) is 11.6 Å². The van der Waals surface area contributed by atoms with Gasteiger partial charge in [0.25, 0.3) is 5.91 Å². The molecule has 1 amide bonds. The number of hydrogen-bond acceptors (Lipinski definition) is 7. The first-order valence-corrected chi connectivity index (χ1v) is 13.2. The van der Waals surface area contributed by atoms with Gasteiger partial charge in [0.2, 0.25) is 0 Å². The minimum atomic E-state index is -0.135. The van der Waals surface area contributed by atoms with E-state index in [-0.39, 0.29) is 5.91 Å². The molecular weight excluding hydrogens is 432 g/mol. The van der Waals surface area contributed by atoms with Crippen molar-refractivity contribution in [1.82, 2.24) is 15.3 Å². The molecule has 3 heterocycles. The number of hydrogen-bond donors (Lipinski definition) is 3. The number of thiazole rings is 1. The average Bonchev–Trinajstić information content (AvgIpc) is 3.33. The van der Waals surface area contributed by atoms with Gasteiger partial charge in [0.15, 0.2) is 5.01 Å². The molecule has 2 fully saturated rings. The maximum absolute atomic E-state index is 12.6. The maximum atomic E-state index is 12.6. The third kappa shape index (κ3) is 6.10. The van der Waals surface area contributed by atoms with Crippen molar-refractivity contribution in [2.24, 2.45) is 5.92 Å². The normalized spacial score (nSPS) is 17.8. The maximum Gasteiger partial charge on any atom is 0.280 e. The van der Waals surface area contributed by atoms with Gasteiger partial charge in [-0.05, 0) is 43.7 Å². The minimum absolute atomic E-state index is 0.135. The predicted molar refractivity (Wildman–Crippen MR) is 136 cm³/mol. The second-order valence-corrected chi connectivity index (χ2v) is 10.2. The standard InChI is InChI=1S/C25H36N6OS/c1-27-23-19(12-13-21(30-23)31-14-8-3-2-4-9-15-31)22(26)20-17-29-25(33-20)24(32)28-16-18-10-6-5-7-11-18/h12-13,17-18,26H,2-11,14-16H2,1H3,(H,27,30)(H,28,32). The molecule has 4 rings (SSSR count). The van der Waals surface area contributed by atoms with E-state index in [2.05, 4.69) is 20.5 Å². The van der Waals surface area contributed by atoms with Gasteiger partial charge in [0.1, 0.15) is 11.6 Å². The first kappa shape index (κ1) is 23.7. The number of rotatable bonds is 7. The van der Waals surface area contributed by atoms with Crippen molar-refractivity contribution in [3.05, 3.63) is 33.8 Å². The molecule has 0 bridgehead atoms. The monoisotopic (exact) mass is 468 g/mol. The SMILES string of the molecule is CNc1nc(N2CCCCCCC2)ccc1C(=N)c1cnc(C(=O)NCC2CCCCC2)s1. The highest BCUT2D eigenvalue weighted by atomic mass is 32.1. The molecule has 3 N–H and O–H groups in total. The van der Waals surface area contributed by atoms with Gasteiger partial charge in [-0.2, -0.15) is 0 Å². The fraction of sp³-hybridized carbons (Fsp3) is 0.600. The van der Waals surface area contributed by atoms with Crippen LogP contribution in [0.25, 0.3) is 0 Å². The lowest BCUT2D eigenvalue weighted by Crippen LogP contribution is -2.30. The molecule has 1 aliphatic carbocycles. The molecule has 2 aromatic heterocycles. The van der Waals surface area contributed by atoms with Crippen LogP contribution in [0.3, 0.4) is 0 Å². The van der Waals surface area contributed by atoms with Gasteiger partial charge in [-0.3, -0.25) is 10.2 Å². The number of nitrogens with one attached hydrogen (secondary N) is 3. The lowest BCUT2D eigenvalue weighted by molar-refractivity contribution is 0.0943. The van der Waals surface area contributed by atoms with Crippen LogP contribution in [-0.2, 0) is 0 Å². The first-order chi connectivity index (χ1) is 16.2. The largest absolute Gasteiger partial charge is 0.373 e. The molecule has 178 valence electrons. The van der Waals surface area contributed by atoms with E-state index < -0.39 is 0 Å². The van der Waals surface area contributed by atoms with Crippen molar-refractivity contribution >= 4 is 34.6 Å². The third-order valence-electron chi connectivity index (χ3n) is 6.79. The Morgan fingerprint density at radius 2 is 1.79 bits per heavy atom. The van der Waals surface area contributed by atoms with Crippen molar-refractivity contribution in [2.75, 3.05) is 36.9 Å². The number of amides is 1. The summed E-state index contributed by atoms with van der Waals surface area (Å²) in [5.41, 5.74) is 1.07. The summed E-state index contributed by atoms with van der Waals surface area (Å²) >= 11 is 1.27. The lowest BCUT2D eigenvalue weighted by Gasteiger charge is -2.26. The van der Waals surface area contributed by atoms with E-state index in [4.69, 9.17) is 10.4 Å². The van der Waals surface area contributed by atoms with Crippen LogP contribution >= 0.6 is 11.3 Å². The Hall–Kier alpha value is -2.48. The summed E-state index contributed by atoms with van der Waals surface area (Å²) in [7, 11) is 1.84. The number of pyridine rings is 1. The summed E-state index contributed by atoms with van der Waals surface area (Å²) in [6.45, 7) is 2.78. The number of aromatic nitrogens is 2. The fourth-order valence-electron chi connectivity index (χ4n) is 4.83. The van der Waals surface area contributed by atoms with Crippen LogP contribution in [0.5, 0.6) is 0 Å². The van der Waals surface area contributed by atoms with E-state index in [1.807, 2.05) is 19.2 Å². The molecule has 8 heteroatoms. The molecule has 1 aliphatic heterocycles. The van der Waals surface area contributed by atoms with Crippen molar-refractivity contribution in [3.8, 4) is 0 Å². The lowest BCUT2D eigenvalue weighted by atomic mass is 9.89. The Morgan fingerprint density at radius 1 is 1.09 bits per heavy atom. The quantitative estimate of drug-likeness (QED) is 0.493. The zero-order valence-corrected chi connectivity index (χ0v) is 20.5. The molecule has 2 aliphatic rings. The summed E-state index contributed by atoms with van der Waals surface area (Å²) in [6, 6.07) is 3.99. The molecule has 1 saturated carbocycles. The molecule has 7 nitrogen and oxygen atoms in total. The Bertz CT molecular complexity index is 944. The van der Waals surface area contributed by atoms with E-state index in [0.29, 0.717) is 27.3 Å². The number of carbonyl (C=O) groups is 1. The van der Waals surface area contributed by atoms with E-state index in [9.17, 15) is 4.79 Å². The van der Waals surface area contributed by atoms with Crippen molar-refractivity contribution in [3.63, 3.8) is 0 Å². The number of nitrogens with zero attached hydrogens (tertiary/aromatic N) is 3. The number of anilines is 2. The van der Waals surface area contributed by atoms with Gasteiger partial charge in [-0.25, -0.2) is 9.97 Å². The highest BCUT2D eigenvalue weighted by Crippen LogP contribution is 2.26. The summed E-state index contributed by atoms with van der Waals surface area (Å²) < 4.78 is 0. The average molecular weight is 469 g/mol. The molecule has 0 atom stereocenters. The first-order valence-electron chi connectivity index (χ1n) is 12.4.